The third-order valence-corrected chi connectivity index (χ3v) is 4.79. The molecule has 6 nitrogen and oxygen atoms in total. The molecule has 1 aliphatic rings. The fraction of sp³-hybridized carbons (Fsp3) is 0.316. The van der Waals surface area contributed by atoms with Crippen molar-refractivity contribution >= 4 is 22.6 Å². The molecule has 1 fully saturated rings. The maximum absolute atomic E-state index is 12.6. The molecule has 0 atom stereocenters. The van der Waals surface area contributed by atoms with Gasteiger partial charge in [0.05, 0.1) is 6.42 Å². The lowest BCUT2D eigenvalue weighted by atomic mass is 10.0. The molecule has 1 aliphatic heterocycles. The van der Waals surface area contributed by atoms with Gasteiger partial charge in [-0.25, -0.2) is 0 Å². The largest absolute Gasteiger partial charge is 0.366 e. The Bertz CT molecular complexity index is 852. The lowest BCUT2D eigenvalue weighted by Crippen LogP contribution is -2.43. The maximum atomic E-state index is 12.6. The Hall–Kier alpha value is -2.89. The number of piperidine rings is 1. The number of aromatic amines is 1. The van der Waals surface area contributed by atoms with Crippen LogP contribution < -0.4 is 5.32 Å². The van der Waals surface area contributed by atoms with Crippen molar-refractivity contribution in [2.75, 3.05) is 18.4 Å². The number of nitrogens with one attached hydrogen (secondary N) is 2. The third kappa shape index (κ3) is 3.47. The number of H-pyrrole nitrogens is 1. The average molecular weight is 335 g/mol. The van der Waals surface area contributed by atoms with Gasteiger partial charge in [-0.05, 0) is 36.6 Å². The Labute approximate surface area is 146 Å². The molecule has 4 rings (SSSR count). The summed E-state index contributed by atoms with van der Waals surface area (Å²) in [5.74, 6) is 0.994. The van der Waals surface area contributed by atoms with E-state index >= 15 is 0 Å². The number of para-hydroxylation sites is 1. The smallest absolute Gasteiger partial charge is 0.227 e. The van der Waals surface area contributed by atoms with Crippen molar-refractivity contribution in [2.24, 2.45) is 0 Å². The second kappa shape index (κ2) is 6.93. The van der Waals surface area contributed by atoms with Crippen LogP contribution in [-0.2, 0) is 11.2 Å². The number of rotatable bonds is 4. The van der Waals surface area contributed by atoms with Crippen LogP contribution in [0.15, 0.2) is 48.8 Å². The summed E-state index contributed by atoms with van der Waals surface area (Å²) in [5, 5.41) is 12.5. The first-order valence-electron chi connectivity index (χ1n) is 8.66. The fourth-order valence-electron chi connectivity index (χ4n) is 3.41. The van der Waals surface area contributed by atoms with Crippen LogP contribution in [0.25, 0.3) is 10.9 Å². The predicted molar refractivity (Wildman–Crippen MR) is 97.3 cm³/mol. The van der Waals surface area contributed by atoms with E-state index in [1.54, 1.807) is 6.20 Å². The highest BCUT2D eigenvalue weighted by Gasteiger charge is 2.23. The van der Waals surface area contributed by atoms with E-state index in [-0.39, 0.29) is 5.91 Å². The van der Waals surface area contributed by atoms with E-state index in [0.717, 1.165) is 48.2 Å². The minimum Gasteiger partial charge on any atom is -0.366 e. The van der Waals surface area contributed by atoms with Crippen LogP contribution >= 0.6 is 0 Å². The lowest BCUT2D eigenvalue weighted by molar-refractivity contribution is -0.131. The first kappa shape index (κ1) is 15.6. The predicted octanol–water partition coefficient (Wildman–Crippen LogP) is 2.60. The van der Waals surface area contributed by atoms with E-state index in [4.69, 9.17) is 0 Å². The van der Waals surface area contributed by atoms with Crippen LogP contribution in [0.2, 0.25) is 0 Å². The Morgan fingerprint density at radius 1 is 1.20 bits per heavy atom. The molecule has 3 heterocycles. The van der Waals surface area contributed by atoms with Gasteiger partial charge in [0.25, 0.3) is 0 Å². The average Bonchev–Trinajstić information content (AvgIpc) is 3.06. The zero-order valence-corrected chi connectivity index (χ0v) is 14.0. The van der Waals surface area contributed by atoms with Gasteiger partial charge in [0.2, 0.25) is 5.91 Å². The van der Waals surface area contributed by atoms with Crippen LogP contribution in [0, 0.1) is 0 Å². The first-order chi connectivity index (χ1) is 12.3. The van der Waals surface area contributed by atoms with Gasteiger partial charge in [-0.1, -0.05) is 18.2 Å². The zero-order valence-electron chi connectivity index (χ0n) is 14.0. The quantitative estimate of drug-likeness (QED) is 0.768. The van der Waals surface area contributed by atoms with Crippen LogP contribution in [0.4, 0.5) is 5.82 Å². The van der Waals surface area contributed by atoms with E-state index in [0.29, 0.717) is 12.5 Å². The molecule has 25 heavy (non-hydrogen) atoms. The van der Waals surface area contributed by atoms with Crippen LogP contribution in [-0.4, -0.2) is 45.1 Å². The second-order valence-corrected chi connectivity index (χ2v) is 6.44. The van der Waals surface area contributed by atoms with Gasteiger partial charge in [0.1, 0.15) is 5.82 Å². The van der Waals surface area contributed by atoms with Crippen molar-refractivity contribution in [2.45, 2.75) is 25.3 Å². The molecular weight excluding hydrogens is 314 g/mol. The molecule has 3 aromatic rings. The normalized spacial score (nSPS) is 15.4. The van der Waals surface area contributed by atoms with Gasteiger partial charge in [-0.2, -0.15) is 5.10 Å². The first-order valence-corrected chi connectivity index (χ1v) is 8.66. The number of hydrogen-bond acceptors (Lipinski definition) is 4. The Kier molecular flexibility index (Phi) is 4.33. The molecule has 0 unspecified atom stereocenters. The number of fused-ring (bicyclic) bond motifs is 1. The minimum atomic E-state index is 0.197. The monoisotopic (exact) mass is 335 g/mol. The number of nitrogens with zero attached hydrogens (tertiary/aromatic N) is 3. The molecule has 6 heteroatoms. The third-order valence-electron chi connectivity index (χ3n) is 4.79. The fourth-order valence-corrected chi connectivity index (χ4v) is 3.41. The summed E-state index contributed by atoms with van der Waals surface area (Å²) in [4.78, 5) is 17.8. The number of aromatic nitrogens is 3. The number of benzene rings is 1. The minimum absolute atomic E-state index is 0.197. The van der Waals surface area contributed by atoms with Crippen molar-refractivity contribution < 1.29 is 4.79 Å². The molecule has 2 aromatic heterocycles. The summed E-state index contributed by atoms with van der Waals surface area (Å²) in [6.07, 6.45) is 5.92. The molecule has 0 bridgehead atoms. The summed E-state index contributed by atoms with van der Waals surface area (Å²) in [7, 11) is 0. The van der Waals surface area contributed by atoms with Gasteiger partial charge >= 0.3 is 0 Å². The maximum Gasteiger partial charge on any atom is 0.227 e. The van der Waals surface area contributed by atoms with Crippen molar-refractivity contribution in [1.29, 1.82) is 0 Å². The Morgan fingerprint density at radius 2 is 2.04 bits per heavy atom. The molecule has 1 amide bonds. The Balaban J connectivity index is 1.33. The van der Waals surface area contributed by atoms with Gasteiger partial charge in [-0.15, -0.1) is 5.10 Å². The highest BCUT2D eigenvalue weighted by atomic mass is 16.2. The Morgan fingerprint density at radius 3 is 2.84 bits per heavy atom. The summed E-state index contributed by atoms with van der Waals surface area (Å²) >= 11 is 0. The molecule has 1 aromatic carbocycles. The van der Waals surface area contributed by atoms with Gasteiger partial charge < -0.3 is 15.2 Å². The standard InChI is InChI=1S/C19H21N5O/c25-19(12-14-13-20-17-5-2-1-4-16(14)17)24-10-7-15(8-11-24)22-18-6-3-9-21-23-18/h1-6,9,13,15,20H,7-8,10-12H2,(H,22,23). The van der Waals surface area contributed by atoms with E-state index in [2.05, 4.69) is 26.6 Å². The number of likely N-dealkylation sites (tertiary alicyclic amines) is 1. The van der Waals surface area contributed by atoms with E-state index in [9.17, 15) is 4.79 Å². The number of hydrogen-bond donors (Lipinski definition) is 2. The van der Waals surface area contributed by atoms with E-state index < -0.39 is 0 Å². The number of carbonyl (C=O) groups is 1. The molecule has 2 N–H and O–H groups in total. The van der Waals surface area contributed by atoms with Crippen molar-refractivity contribution in [3.8, 4) is 0 Å². The van der Waals surface area contributed by atoms with Crippen LogP contribution in [0.1, 0.15) is 18.4 Å². The van der Waals surface area contributed by atoms with Crippen LogP contribution in [0.3, 0.4) is 0 Å². The summed E-state index contributed by atoms with van der Waals surface area (Å²) in [6.45, 7) is 1.55. The number of anilines is 1. The molecule has 0 radical (unpaired) electrons. The summed E-state index contributed by atoms with van der Waals surface area (Å²) in [5.41, 5.74) is 2.15. The van der Waals surface area contributed by atoms with E-state index in [1.807, 2.05) is 41.4 Å². The molecular formula is C19H21N5O. The molecule has 0 saturated carbocycles. The van der Waals surface area contributed by atoms with Crippen molar-refractivity contribution in [3.05, 3.63) is 54.4 Å². The van der Waals surface area contributed by atoms with Crippen molar-refractivity contribution in [3.63, 3.8) is 0 Å². The highest BCUT2D eigenvalue weighted by molar-refractivity contribution is 5.88. The van der Waals surface area contributed by atoms with Gasteiger partial charge in [0.15, 0.2) is 0 Å². The van der Waals surface area contributed by atoms with Crippen LogP contribution in [0.5, 0.6) is 0 Å². The molecule has 0 aliphatic carbocycles. The van der Waals surface area contributed by atoms with Crippen molar-refractivity contribution in [1.82, 2.24) is 20.1 Å². The van der Waals surface area contributed by atoms with E-state index in [1.165, 1.54) is 0 Å². The molecule has 128 valence electrons. The highest BCUT2D eigenvalue weighted by Crippen LogP contribution is 2.20. The lowest BCUT2D eigenvalue weighted by Gasteiger charge is -2.32. The summed E-state index contributed by atoms with van der Waals surface area (Å²) in [6, 6.07) is 12.2. The zero-order chi connectivity index (χ0) is 17.1. The number of carbonyl (C=O) groups excluding carboxylic acids is 1. The second-order valence-electron chi connectivity index (χ2n) is 6.44. The van der Waals surface area contributed by atoms with Gasteiger partial charge in [-0.3, -0.25) is 4.79 Å². The number of amides is 1. The summed E-state index contributed by atoms with van der Waals surface area (Å²) < 4.78 is 0. The topological polar surface area (TPSA) is 73.9 Å². The molecule has 0 spiro atoms. The molecule has 1 saturated heterocycles. The SMILES string of the molecule is O=C(Cc1c[nH]c2ccccc12)N1CCC(Nc2cccnn2)CC1. The van der Waals surface area contributed by atoms with Gasteiger partial charge in [0, 0.05) is 42.4 Å².